The molecular formula is C14H24N4O. The SMILES string of the molecule is CCCC1(C(=O)NCCc2cnc[nH]2)CCCNC1. The first kappa shape index (κ1) is 14.1. The number of aromatic nitrogens is 2. The van der Waals surface area contributed by atoms with Gasteiger partial charge in [0.15, 0.2) is 0 Å². The molecule has 1 aliphatic heterocycles. The summed E-state index contributed by atoms with van der Waals surface area (Å²) in [6.45, 7) is 4.67. The topological polar surface area (TPSA) is 69.8 Å². The number of amides is 1. The van der Waals surface area contributed by atoms with Crippen molar-refractivity contribution in [2.45, 2.75) is 39.0 Å². The first-order valence-electron chi connectivity index (χ1n) is 7.23. The Labute approximate surface area is 114 Å². The van der Waals surface area contributed by atoms with Gasteiger partial charge in [-0.2, -0.15) is 0 Å². The van der Waals surface area contributed by atoms with E-state index in [2.05, 4.69) is 27.5 Å². The minimum atomic E-state index is -0.193. The average molecular weight is 264 g/mol. The molecule has 1 saturated heterocycles. The zero-order valence-electron chi connectivity index (χ0n) is 11.7. The first-order valence-corrected chi connectivity index (χ1v) is 7.23. The summed E-state index contributed by atoms with van der Waals surface area (Å²) < 4.78 is 0. The number of nitrogens with one attached hydrogen (secondary N) is 3. The molecule has 2 rings (SSSR count). The second-order valence-corrected chi connectivity index (χ2v) is 5.39. The molecule has 1 unspecified atom stereocenters. The van der Waals surface area contributed by atoms with Crippen LogP contribution in [0.2, 0.25) is 0 Å². The molecule has 19 heavy (non-hydrogen) atoms. The Bertz CT molecular complexity index is 377. The van der Waals surface area contributed by atoms with Gasteiger partial charge in [0, 0.05) is 31.4 Å². The molecule has 0 aromatic carbocycles. The Hall–Kier alpha value is -1.36. The van der Waals surface area contributed by atoms with Gasteiger partial charge in [-0.05, 0) is 25.8 Å². The largest absolute Gasteiger partial charge is 0.355 e. The molecule has 0 radical (unpaired) electrons. The number of aromatic amines is 1. The van der Waals surface area contributed by atoms with Crippen molar-refractivity contribution < 1.29 is 4.79 Å². The predicted octanol–water partition coefficient (Wildman–Crippen LogP) is 1.24. The highest BCUT2D eigenvalue weighted by molar-refractivity contribution is 5.83. The molecule has 1 fully saturated rings. The molecule has 0 bridgehead atoms. The van der Waals surface area contributed by atoms with E-state index in [0.29, 0.717) is 6.54 Å². The van der Waals surface area contributed by atoms with Crippen LogP contribution in [0.3, 0.4) is 0 Å². The van der Waals surface area contributed by atoms with Crippen molar-refractivity contribution in [2.24, 2.45) is 5.41 Å². The molecule has 5 heteroatoms. The van der Waals surface area contributed by atoms with Crippen LogP contribution in [0.1, 0.15) is 38.3 Å². The van der Waals surface area contributed by atoms with Gasteiger partial charge in [0.2, 0.25) is 5.91 Å². The van der Waals surface area contributed by atoms with E-state index in [0.717, 1.165) is 50.9 Å². The molecule has 0 aliphatic carbocycles. The predicted molar refractivity (Wildman–Crippen MR) is 74.7 cm³/mol. The Morgan fingerprint density at radius 2 is 2.47 bits per heavy atom. The summed E-state index contributed by atoms with van der Waals surface area (Å²) in [7, 11) is 0. The molecule has 2 heterocycles. The van der Waals surface area contributed by atoms with E-state index in [-0.39, 0.29) is 11.3 Å². The van der Waals surface area contributed by atoms with E-state index in [1.807, 2.05) is 0 Å². The van der Waals surface area contributed by atoms with Gasteiger partial charge in [-0.1, -0.05) is 13.3 Å². The lowest BCUT2D eigenvalue weighted by atomic mass is 9.76. The van der Waals surface area contributed by atoms with E-state index in [1.54, 1.807) is 12.5 Å². The summed E-state index contributed by atoms with van der Waals surface area (Å²) in [5, 5.41) is 6.46. The molecule has 1 aromatic heterocycles. The minimum Gasteiger partial charge on any atom is -0.355 e. The Kier molecular flexibility index (Phi) is 4.96. The van der Waals surface area contributed by atoms with Gasteiger partial charge in [0.25, 0.3) is 0 Å². The summed E-state index contributed by atoms with van der Waals surface area (Å²) in [4.78, 5) is 19.5. The lowest BCUT2D eigenvalue weighted by Gasteiger charge is -2.36. The maximum absolute atomic E-state index is 12.5. The van der Waals surface area contributed by atoms with Crippen molar-refractivity contribution >= 4 is 5.91 Å². The number of nitrogens with zero attached hydrogens (tertiary/aromatic N) is 1. The van der Waals surface area contributed by atoms with Gasteiger partial charge in [0.05, 0.1) is 11.7 Å². The molecule has 3 N–H and O–H groups in total. The van der Waals surface area contributed by atoms with Crippen LogP contribution in [0, 0.1) is 5.41 Å². The van der Waals surface area contributed by atoms with Gasteiger partial charge in [-0.3, -0.25) is 4.79 Å². The molecule has 0 saturated carbocycles. The Morgan fingerprint density at radius 1 is 1.58 bits per heavy atom. The lowest BCUT2D eigenvalue weighted by Crippen LogP contribution is -2.50. The molecule has 1 aliphatic rings. The summed E-state index contributed by atoms with van der Waals surface area (Å²) in [6.07, 6.45) is 8.39. The van der Waals surface area contributed by atoms with Crippen LogP contribution in [0.15, 0.2) is 12.5 Å². The van der Waals surface area contributed by atoms with E-state index in [1.165, 1.54) is 0 Å². The van der Waals surface area contributed by atoms with E-state index < -0.39 is 0 Å². The third-order valence-corrected chi connectivity index (χ3v) is 3.92. The number of hydrogen-bond acceptors (Lipinski definition) is 3. The van der Waals surface area contributed by atoms with Crippen LogP contribution in [0.4, 0.5) is 0 Å². The maximum Gasteiger partial charge on any atom is 0.227 e. The summed E-state index contributed by atoms with van der Waals surface area (Å²) in [5.74, 6) is 0.209. The Morgan fingerprint density at radius 3 is 3.11 bits per heavy atom. The standard InChI is InChI=1S/C14H24N4O/c1-2-5-14(6-3-7-15-10-14)13(19)17-8-4-12-9-16-11-18-12/h9,11,15H,2-8,10H2,1H3,(H,16,18)(H,17,19). The highest BCUT2D eigenvalue weighted by atomic mass is 16.2. The minimum absolute atomic E-state index is 0.193. The summed E-state index contributed by atoms with van der Waals surface area (Å²) in [6, 6.07) is 0. The van der Waals surface area contributed by atoms with Crippen LogP contribution in [0.25, 0.3) is 0 Å². The molecule has 0 spiro atoms. The average Bonchev–Trinajstić information content (AvgIpc) is 2.93. The number of imidazole rings is 1. The van der Waals surface area contributed by atoms with Crippen molar-refractivity contribution in [3.63, 3.8) is 0 Å². The second-order valence-electron chi connectivity index (χ2n) is 5.39. The monoisotopic (exact) mass is 264 g/mol. The van der Waals surface area contributed by atoms with Crippen LogP contribution >= 0.6 is 0 Å². The number of hydrogen-bond donors (Lipinski definition) is 3. The van der Waals surface area contributed by atoms with Crippen molar-refractivity contribution in [3.8, 4) is 0 Å². The number of H-pyrrole nitrogens is 1. The number of piperidine rings is 1. The fourth-order valence-corrected chi connectivity index (χ4v) is 2.89. The summed E-state index contributed by atoms with van der Waals surface area (Å²) >= 11 is 0. The van der Waals surface area contributed by atoms with Crippen molar-refractivity contribution in [2.75, 3.05) is 19.6 Å². The fourth-order valence-electron chi connectivity index (χ4n) is 2.89. The van der Waals surface area contributed by atoms with Crippen molar-refractivity contribution in [1.82, 2.24) is 20.6 Å². The molecule has 1 aromatic rings. The highest BCUT2D eigenvalue weighted by Crippen LogP contribution is 2.31. The van der Waals surface area contributed by atoms with E-state index >= 15 is 0 Å². The second kappa shape index (κ2) is 6.70. The molecular weight excluding hydrogens is 240 g/mol. The van der Waals surface area contributed by atoms with Gasteiger partial charge < -0.3 is 15.6 Å². The number of rotatable bonds is 6. The van der Waals surface area contributed by atoms with E-state index in [9.17, 15) is 4.79 Å². The number of carbonyl (C=O) groups excluding carboxylic acids is 1. The van der Waals surface area contributed by atoms with Crippen LogP contribution in [-0.4, -0.2) is 35.5 Å². The molecule has 1 amide bonds. The number of carbonyl (C=O) groups is 1. The smallest absolute Gasteiger partial charge is 0.227 e. The first-order chi connectivity index (χ1) is 9.27. The molecule has 5 nitrogen and oxygen atoms in total. The normalized spacial score (nSPS) is 23.2. The van der Waals surface area contributed by atoms with Gasteiger partial charge in [-0.15, -0.1) is 0 Å². The van der Waals surface area contributed by atoms with Gasteiger partial charge in [-0.25, -0.2) is 4.98 Å². The van der Waals surface area contributed by atoms with E-state index in [4.69, 9.17) is 0 Å². The third-order valence-electron chi connectivity index (χ3n) is 3.92. The van der Waals surface area contributed by atoms with Crippen LogP contribution in [-0.2, 0) is 11.2 Å². The summed E-state index contributed by atoms with van der Waals surface area (Å²) in [5.41, 5.74) is 0.868. The quantitative estimate of drug-likeness (QED) is 0.724. The molecule has 1 atom stereocenters. The lowest BCUT2D eigenvalue weighted by molar-refractivity contribution is -0.132. The zero-order chi connectivity index (χ0) is 13.6. The van der Waals surface area contributed by atoms with Crippen LogP contribution in [0.5, 0.6) is 0 Å². The Balaban J connectivity index is 1.85. The third kappa shape index (κ3) is 3.56. The zero-order valence-corrected chi connectivity index (χ0v) is 11.7. The van der Waals surface area contributed by atoms with Crippen molar-refractivity contribution in [3.05, 3.63) is 18.2 Å². The van der Waals surface area contributed by atoms with Gasteiger partial charge in [0.1, 0.15) is 0 Å². The maximum atomic E-state index is 12.5. The van der Waals surface area contributed by atoms with Crippen LogP contribution < -0.4 is 10.6 Å². The van der Waals surface area contributed by atoms with Crippen molar-refractivity contribution in [1.29, 1.82) is 0 Å². The molecule has 106 valence electrons. The highest BCUT2D eigenvalue weighted by Gasteiger charge is 2.38. The fraction of sp³-hybridized carbons (Fsp3) is 0.714. The van der Waals surface area contributed by atoms with Gasteiger partial charge >= 0.3 is 0 Å².